The fraction of sp³-hybridized carbons (Fsp3) is 0.0909. The summed E-state index contributed by atoms with van der Waals surface area (Å²) in [6.45, 7) is 1.77. The van der Waals surface area contributed by atoms with Gasteiger partial charge in [-0.15, -0.1) is 0 Å². The van der Waals surface area contributed by atoms with E-state index in [1.165, 1.54) is 24.8 Å². The third-order valence-electron chi connectivity index (χ3n) is 2.00. The number of nitrogens with zero attached hydrogens (tertiary/aromatic N) is 3. The van der Waals surface area contributed by atoms with Crippen molar-refractivity contribution in [2.75, 3.05) is 5.32 Å². The predicted octanol–water partition coefficient (Wildman–Crippen LogP) is 2.09. The SMILES string of the molecule is Cc1cc(C(=O)Nc2cncnc2)cc(Cl)n1. The van der Waals surface area contributed by atoms with Crippen LogP contribution in [0.2, 0.25) is 5.15 Å². The van der Waals surface area contributed by atoms with Gasteiger partial charge in [-0.3, -0.25) is 4.79 Å². The van der Waals surface area contributed by atoms with Crippen LogP contribution in [0.3, 0.4) is 0 Å². The summed E-state index contributed by atoms with van der Waals surface area (Å²) in [7, 11) is 0. The zero-order valence-electron chi connectivity index (χ0n) is 9.01. The highest BCUT2D eigenvalue weighted by atomic mass is 35.5. The Kier molecular flexibility index (Phi) is 3.30. The second kappa shape index (κ2) is 4.88. The van der Waals surface area contributed by atoms with E-state index in [9.17, 15) is 4.79 Å². The van der Waals surface area contributed by atoms with Gasteiger partial charge in [-0.25, -0.2) is 15.0 Å². The van der Waals surface area contributed by atoms with E-state index in [1.54, 1.807) is 13.0 Å². The molecule has 2 aromatic rings. The van der Waals surface area contributed by atoms with Gasteiger partial charge in [0.2, 0.25) is 0 Å². The fourth-order valence-corrected chi connectivity index (χ4v) is 1.58. The van der Waals surface area contributed by atoms with Crippen LogP contribution in [0.25, 0.3) is 0 Å². The molecule has 1 N–H and O–H groups in total. The number of hydrogen-bond donors (Lipinski definition) is 1. The lowest BCUT2D eigenvalue weighted by Gasteiger charge is -2.05. The molecular weight excluding hydrogens is 240 g/mol. The summed E-state index contributed by atoms with van der Waals surface area (Å²) in [5.74, 6) is -0.271. The zero-order chi connectivity index (χ0) is 12.3. The first-order valence-electron chi connectivity index (χ1n) is 4.86. The first-order chi connectivity index (χ1) is 8.15. The van der Waals surface area contributed by atoms with E-state index < -0.39 is 0 Å². The largest absolute Gasteiger partial charge is 0.319 e. The van der Waals surface area contributed by atoms with Crippen LogP contribution in [0.4, 0.5) is 5.69 Å². The number of hydrogen-bond acceptors (Lipinski definition) is 4. The molecule has 2 heterocycles. The number of amides is 1. The van der Waals surface area contributed by atoms with Crippen molar-refractivity contribution < 1.29 is 4.79 Å². The summed E-state index contributed by atoms with van der Waals surface area (Å²) < 4.78 is 0. The van der Waals surface area contributed by atoms with Gasteiger partial charge >= 0.3 is 0 Å². The molecule has 2 rings (SSSR count). The molecule has 2 aromatic heterocycles. The summed E-state index contributed by atoms with van der Waals surface area (Å²) in [5.41, 5.74) is 1.67. The number of aromatic nitrogens is 3. The van der Waals surface area contributed by atoms with E-state index in [2.05, 4.69) is 20.3 Å². The Hall–Kier alpha value is -2.01. The lowest BCUT2D eigenvalue weighted by molar-refractivity contribution is 0.102. The lowest BCUT2D eigenvalue weighted by Crippen LogP contribution is -2.12. The van der Waals surface area contributed by atoms with Crippen molar-refractivity contribution in [1.82, 2.24) is 15.0 Å². The summed E-state index contributed by atoms with van der Waals surface area (Å²) in [6.07, 6.45) is 4.42. The minimum Gasteiger partial charge on any atom is -0.319 e. The van der Waals surface area contributed by atoms with Crippen molar-refractivity contribution in [2.45, 2.75) is 6.92 Å². The Morgan fingerprint density at radius 2 is 2.00 bits per heavy atom. The summed E-state index contributed by atoms with van der Waals surface area (Å²) in [4.78, 5) is 23.5. The summed E-state index contributed by atoms with van der Waals surface area (Å²) in [6, 6.07) is 3.17. The molecule has 5 nitrogen and oxygen atoms in total. The Morgan fingerprint density at radius 1 is 1.29 bits per heavy atom. The Labute approximate surface area is 103 Å². The minimum absolute atomic E-state index is 0.271. The molecule has 17 heavy (non-hydrogen) atoms. The van der Waals surface area contributed by atoms with Crippen molar-refractivity contribution in [3.8, 4) is 0 Å². The van der Waals surface area contributed by atoms with Crippen molar-refractivity contribution in [3.63, 3.8) is 0 Å². The number of pyridine rings is 1. The molecular formula is C11H9ClN4O. The molecule has 0 spiro atoms. The van der Waals surface area contributed by atoms with Gasteiger partial charge < -0.3 is 5.32 Å². The molecule has 0 saturated carbocycles. The van der Waals surface area contributed by atoms with Crippen LogP contribution < -0.4 is 5.32 Å². The van der Waals surface area contributed by atoms with Crippen LogP contribution >= 0.6 is 11.6 Å². The number of carbonyl (C=O) groups is 1. The highest BCUT2D eigenvalue weighted by Gasteiger charge is 2.08. The van der Waals surface area contributed by atoms with Crippen LogP contribution in [0.5, 0.6) is 0 Å². The van der Waals surface area contributed by atoms with Gasteiger partial charge in [0.15, 0.2) is 0 Å². The molecule has 0 aliphatic carbocycles. The van der Waals surface area contributed by atoms with Gasteiger partial charge in [0.25, 0.3) is 5.91 Å². The maximum absolute atomic E-state index is 11.9. The number of nitrogens with one attached hydrogen (secondary N) is 1. The molecule has 0 bridgehead atoms. The maximum atomic E-state index is 11.9. The number of carbonyl (C=O) groups excluding carboxylic acids is 1. The lowest BCUT2D eigenvalue weighted by atomic mass is 10.2. The minimum atomic E-state index is -0.271. The number of halogens is 1. The van der Waals surface area contributed by atoms with E-state index in [0.717, 1.165) is 0 Å². The van der Waals surface area contributed by atoms with Crippen molar-refractivity contribution in [1.29, 1.82) is 0 Å². The van der Waals surface area contributed by atoms with Crippen molar-refractivity contribution in [2.24, 2.45) is 0 Å². The van der Waals surface area contributed by atoms with E-state index in [0.29, 0.717) is 22.1 Å². The average Bonchev–Trinajstić information content (AvgIpc) is 2.29. The normalized spacial score (nSPS) is 10.0. The Balaban J connectivity index is 2.20. The molecule has 1 amide bonds. The third-order valence-corrected chi connectivity index (χ3v) is 2.20. The molecule has 0 aliphatic heterocycles. The van der Waals surface area contributed by atoms with Crippen molar-refractivity contribution in [3.05, 3.63) is 47.3 Å². The van der Waals surface area contributed by atoms with Gasteiger partial charge in [0, 0.05) is 11.3 Å². The van der Waals surface area contributed by atoms with Gasteiger partial charge in [-0.1, -0.05) is 11.6 Å². The summed E-state index contributed by atoms with van der Waals surface area (Å²) >= 11 is 5.78. The van der Waals surface area contributed by atoms with E-state index in [4.69, 9.17) is 11.6 Å². The van der Waals surface area contributed by atoms with Crippen LogP contribution in [0, 0.1) is 6.92 Å². The van der Waals surface area contributed by atoms with Crippen LogP contribution in [0.1, 0.15) is 16.1 Å². The Bertz CT molecular complexity index is 524. The van der Waals surface area contributed by atoms with E-state index in [1.807, 2.05) is 0 Å². The summed E-state index contributed by atoms with van der Waals surface area (Å²) in [5, 5.41) is 2.95. The van der Waals surface area contributed by atoms with Gasteiger partial charge in [0.05, 0.1) is 18.1 Å². The van der Waals surface area contributed by atoms with Crippen LogP contribution in [-0.4, -0.2) is 20.9 Å². The smallest absolute Gasteiger partial charge is 0.255 e. The first-order valence-corrected chi connectivity index (χ1v) is 5.23. The molecule has 0 aromatic carbocycles. The highest BCUT2D eigenvalue weighted by molar-refractivity contribution is 6.29. The molecule has 0 radical (unpaired) electrons. The van der Waals surface area contributed by atoms with Gasteiger partial charge in [-0.2, -0.15) is 0 Å². The quantitative estimate of drug-likeness (QED) is 0.827. The number of anilines is 1. The average molecular weight is 249 g/mol. The van der Waals surface area contributed by atoms with Crippen LogP contribution in [-0.2, 0) is 0 Å². The standard InChI is InChI=1S/C11H9ClN4O/c1-7-2-8(3-10(12)15-7)11(17)16-9-4-13-6-14-5-9/h2-6H,1H3,(H,16,17). The van der Waals surface area contributed by atoms with Crippen molar-refractivity contribution >= 4 is 23.2 Å². The van der Waals surface area contributed by atoms with E-state index >= 15 is 0 Å². The first kappa shape index (κ1) is 11.5. The molecule has 0 unspecified atom stereocenters. The number of aryl methyl sites for hydroxylation is 1. The fourth-order valence-electron chi connectivity index (χ4n) is 1.33. The molecule has 0 atom stereocenters. The highest BCUT2D eigenvalue weighted by Crippen LogP contribution is 2.12. The van der Waals surface area contributed by atoms with Crippen LogP contribution in [0.15, 0.2) is 30.9 Å². The second-order valence-electron chi connectivity index (χ2n) is 3.40. The molecule has 86 valence electrons. The Morgan fingerprint density at radius 3 is 2.65 bits per heavy atom. The maximum Gasteiger partial charge on any atom is 0.255 e. The predicted molar refractivity (Wildman–Crippen MR) is 64.0 cm³/mol. The van der Waals surface area contributed by atoms with Gasteiger partial charge in [0.1, 0.15) is 11.5 Å². The molecule has 0 fully saturated rings. The second-order valence-corrected chi connectivity index (χ2v) is 3.79. The van der Waals surface area contributed by atoms with Gasteiger partial charge in [-0.05, 0) is 19.1 Å². The molecule has 6 heteroatoms. The third kappa shape index (κ3) is 2.98. The zero-order valence-corrected chi connectivity index (χ0v) is 9.77. The molecule has 0 saturated heterocycles. The number of rotatable bonds is 2. The monoisotopic (exact) mass is 248 g/mol. The topological polar surface area (TPSA) is 67.8 Å². The molecule has 0 aliphatic rings. The van der Waals surface area contributed by atoms with E-state index in [-0.39, 0.29) is 5.91 Å².